The van der Waals surface area contributed by atoms with E-state index in [9.17, 15) is 0 Å². The molecule has 0 saturated heterocycles. The molecule has 0 aliphatic rings. The van der Waals surface area contributed by atoms with E-state index in [1.807, 2.05) is 18.2 Å². The van der Waals surface area contributed by atoms with Crippen LogP contribution < -0.4 is 4.74 Å². The molecule has 1 rings (SSSR count). The Bertz CT molecular complexity index is 575. The number of para-hydroxylation sites is 1. The molecule has 3 nitrogen and oxygen atoms in total. The van der Waals surface area contributed by atoms with Crippen molar-refractivity contribution < 1.29 is 9.47 Å². The van der Waals surface area contributed by atoms with Gasteiger partial charge >= 0.3 is 0 Å². The van der Waals surface area contributed by atoms with Crippen molar-refractivity contribution in [3.05, 3.63) is 66.1 Å². The second-order valence-corrected chi connectivity index (χ2v) is 6.01. The predicted octanol–water partition coefficient (Wildman–Crippen LogP) is 5.70. The van der Waals surface area contributed by atoms with E-state index in [-0.39, 0.29) is 0 Å². The molecule has 0 heterocycles. The molecule has 25 heavy (non-hydrogen) atoms. The van der Waals surface area contributed by atoms with Gasteiger partial charge in [-0.15, -0.1) is 0 Å². The average Bonchev–Trinajstić information content (AvgIpc) is 2.65. The number of benzene rings is 1. The molecule has 138 valence electrons. The molecule has 0 spiro atoms. The molecule has 0 radical (unpaired) electrons. The van der Waals surface area contributed by atoms with E-state index < -0.39 is 0 Å². The molecule has 0 atom stereocenters. The first kappa shape index (κ1) is 20.9. The molecule has 0 saturated carbocycles. The molecule has 0 fully saturated rings. The van der Waals surface area contributed by atoms with Crippen LogP contribution in [-0.4, -0.2) is 25.7 Å². The number of ether oxygens (including phenoxy) is 2. The monoisotopic (exact) mass is 343 g/mol. The maximum absolute atomic E-state index is 5.52. The summed E-state index contributed by atoms with van der Waals surface area (Å²) in [5, 5.41) is 0. The summed E-state index contributed by atoms with van der Waals surface area (Å²) < 4.78 is 10.7. The molecule has 0 bridgehead atoms. The van der Waals surface area contributed by atoms with Crippen LogP contribution in [0, 0.1) is 0 Å². The highest BCUT2D eigenvalue weighted by Crippen LogP contribution is 2.22. The van der Waals surface area contributed by atoms with Crippen LogP contribution in [0.25, 0.3) is 0 Å². The van der Waals surface area contributed by atoms with Gasteiger partial charge < -0.3 is 14.4 Å². The summed E-state index contributed by atoms with van der Waals surface area (Å²) in [5.74, 6) is 1.59. The van der Waals surface area contributed by atoms with E-state index in [1.54, 1.807) is 14.2 Å². The predicted molar refractivity (Wildman–Crippen MR) is 107 cm³/mol. The minimum Gasteiger partial charge on any atom is -0.497 e. The van der Waals surface area contributed by atoms with E-state index in [4.69, 9.17) is 9.47 Å². The van der Waals surface area contributed by atoms with Crippen molar-refractivity contribution in [3.8, 4) is 5.75 Å². The van der Waals surface area contributed by atoms with Gasteiger partial charge in [0.25, 0.3) is 0 Å². The smallest absolute Gasteiger partial charge is 0.123 e. The molecular weight excluding hydrogens is 310 g/mol. The Morgan fingerprint density at radius 3 is 2.52 bits per heavy atom. The van der Waals surface area contributed by atoms with Gasteiger partial charge in [-0.1, -0.05) is 57.0 Å². The normalized spacial score (nSPS) is 11.6. The Balaban J connectivity index is 2.93. The Labute approximate surface area is 153 Å². The van der Waals surface area contributed by atoms with E-state index in [0.29, 0.717) is 5.76 Å². The number of allylic oxidation sites excluding steroid dienone is 3. The lowest BCUT2D eigenvalue weighted by Gasteiger charge is -2.27. The van der Waals surface area contributed by atoms with Crippen molar-refractivity contribution in [3.63, 3.8) is 0 Å². The van der Waals surface area contributed by atoms with Crippen LogP contribution in [0.2, 0.25) is 0 Å². The fourth-order valence-electron chi connectivity index (χ4n) is 2.70. The summed E-state index contributed by atoms with van der Waals surface area (Å²) in [6, 6.07) is 8.21. The van der Waals surface area contributed by atoms with Crippen molar-refractivity contribution in [1.82, 2.24) is 4.90 Å². The number of hydrogen-bond acceptors (Lipinski definition) is 3. The number of nitrogens with zero attached hydrogens (tertiary/aromatic N) is 1. The average molecular weight is 344 g/mol. The van der Waals surface area contributed by atoms with Crippen LogP contribution in [-0.2, 0) is 11.3 Å². The van der Waals surface area contributed by atoms with Crippen LogP contribution >= 0.6 is 0 Å². The van der Waals surface area contributed by atoms with E-state index in [0.717, 1.165) is 18.8 Å². The van der Waals surface area contributed by atoms with Gasteiger partial charge in [0.15, 0.2) is 0 Å². The van der Waals surface area contributed by atoms with Crippen molar-refractivity contribution in [2.45, 2.75) is 46.1 Å². The third-order valence-electron chi connectivity index (χ3n) is 4.20. The summed E-state index contributed by atoms with van der Waals surface area (Å²) in [6.07, 6.45) is 11.1. The maximum Gasteiger partial charge on any atom is 0.123 e. The third-order valence-corrected chi connectivity index (χ3v) is 4.20. The van der Waals surface area contributed by atoms with Gasteiger partial charge in [-0.2, -0.15) is 0 Å². The Kier molecular flexibility index (Phi) is 10.2. The Morgan fingerprint density at radius 1 is 1.12 bits per heavy atom. The molecule has 0 amide bonds. The van der Waals surface area contributed by atoms with Crippen LogP contribution in [0.4, 0.5) is 0 Å². The van der Waals surface area contributed by atoms with Crippen LogP contribution in [0.3, 0.4) is 0 Å². The van der Waals surface area contributed by atoms with Gasteiger partial charge in [-0.05, 0) is 31.6 Å². The summed E-state index contributed by atoms with van der Waals surface area (Å²) in [6.45, 7) is 10.0. The first-order chi connectivity index (χ1) is 12.2. The minimum atomic E-state index is 0.655. The van der Waals surface area contributed by atoms with E-state index >= 15 is 0 Å². The summed E-state index contributed by atoms with van der Waals surface area (Å²) in [7, 11) is 3.36. The minimum absolute atomic E-state index is 0.655. The van der Waals surface area contributed by atoms with Crippen LogP contribution in [0.1, 0.15) is 45.1 Å². The van der Waals surface area contributed by atoms with Gasteiger partial charge in [0.1, 0.15) is 11.5 Å². The lowest BCUT2D eigenvalue weighted by atomic mass is 10.1. The highest BCUT2D eigenvalue weighted by atomic mass is 16.5. The molecule has 0 aromatic heterocycles. The highest BCUT2D eigenvalue weighted by Gasteiger charge is 2.11. The topological polar surface area (TPSA) is 21.7 Å². The maximum atomic E-state index is 5.52. The van der Waals surface area contributed by atoms with Crippen molar-refractivity contribution in [2.75, 3.05) is 20.8 Å². The molecule has 1 aromatic carbocycles. The summed E-state index contributed by atoms with van der Waals surface area (Å²) in [4.78, 5) is 2.40. The first-order valence-electron chi connectivity index (χ1n) is 9.10. The van der Waals surface area contributed by atoms with Crippen molar-refractivity contribution >= 4 is 0 Å². The number of hydrogen-bond donors (Lipinski definition) is 0. The summed E-state index contributed by atoms with van der Waals surface area (Å²) in [5.41, 5.74) is 2.36. The standard InChI is InChI=1S/C22H33NO2/c1-6-8-9-12-17-23(21(7-2)16-15-19(3)24-4)18-20-13-10-11-14-22(20)25-5/h7,10-11,13-16H,3,6,8-9,12,17-18H2,1-2,4-5H3/b16-15-,21-7+. The molecule has 3 heteroatoms. The molecular formula is C22H33NO2. The number of rotatable bonds is 12. The van der Waals surface area contributed by atoms with Crippen molar-refractivity contribution in [2.24, 2.45) is 0 Å². The fraction of sp³-hybridized carbons (Fsp3) is 0.455. The van der Waals surface area contributed by atoms with Crippen LogP contribution in [0.5, 0.6) is 5.75 Å². The van der Waals surface area contributed by atoms with Gasteiger partial charge in [-0.25, -0.2) is 0 Å². The third kappa shape index (κ3) is 7.51. The second-order valence-electron chi connectivity index (χ2n) is 6.01. The quantitative estimate of drug-likeness (QED) is 0.276. The first-order valence-corrected chi connectivity index (χ1v) is 9.10. The molecule has 1 aromatic rings. The van der Waals surface area contributed by atoms with Gasteiger partial charge in [-0.3, -0.25) is 0 Å². The zero-order valence-corrected chi connectivity index (χ0v) is 16.3. The molecule has 0 aliphatic carbocycles. The molecule has 0 N–H and O–H groups in total. The lowest BCUT2D eigenvalue weighted by molar-refractivity contribution is 0.307. The lowest BCUT2D eigenvalue weighted by Crippen LogP contribution is -2.23. The largest absolute Gasteiger partial charge is 0.497 e. The SMILES string of the molecule is C=C(/C=C\C(=C/C)N(CCCCCC)Cc1ccccc1OC)OC. The van der Waals surface area contributed by atoms with Gasteiger partial charge in [0.2, 0.25) is 0 Å². The van der Waals surface area contributed by atoms with E-state index in [1.165, 1.54) is 36.9 Å². The molecule has 0 unspecified atom stereocenters. The zero-order valence-electron chi connectivity index (χ0n) is 16.3. The fourth-order valence-corrected chi connectivity index (χ4v) is 2.70. The molecule has 0 aliphatic heterocycles. The van der Waals surface area contributed by atoms with Crippen molar-refractivity contribution in [1.29, 1.82) is 0 Å². The van der Waals surface area contributed by atoms with E-state index in [2.05, 4.69) is 49.6 Å². The number of methoxy groups -OCH3 is 2. The second kappa shape index (κ2) is 12.2. The van der Waals surface area contributed by atoms with Crippen LogP contribution in [0.15, 0.2) is 60.5 Å². The zero-order chi connectivity index (χ0) is 18.5. The van der Waals surface area contributed by atoms with Gasteiger partial charge in [0, 0.05) is 24.4 Å². The summed E-state index contributed by atoms with van der Waals surface area (Å²) >= 11 is 0. The highest BCUT2D eigenvalue weighted by molar-refractivity contribution is 5.34. The van der Waals surface area contributed by atoms with Gasteiger partial charge in [0.05, 0.1) is 14.2 Å². The Morgan fingerprint density at radius 2 is 1.88 bits per heavy atom. The number of unbranched alkanes of at least 4 members (excludes halogenated alkanes) is 3. The Hall–Kier alpha value is -2.16.